The Labute approximate surface area is 107 Å². The van der Waals surface area contributed by atoms with Crippen LogP contribution in [0.2, 0.25) is 0 Å². The SMILES string of the molecule is CCCCNC(=O)NC1=NC(C)(C)C=CC(=O)N1. The third kappa shape index (κ3) is 4.99. The molecule has 0 saturated carbocycles. The van der Waals surface area contributed by atoms with E-state index in [4.69, 9.17) is 0 Å². The molecule has 3 amide bonds. The molecule has 3 N–H and O–H groups in total. The number of hydrogen-bond acceptors (Lipinski definition) is 3. The number of urea groups is 1. The molecule has 18 heavy (non-hydrogen) atoms. The van der Waals surface area contributed by atoms with Gasteiger partial charge in [-0.1, -0.05) is 19.4 Å². The summed E-state index contributed by atoms with van der Waals surface area (Å²) in [5.41, 5.74) is -0.523. The van der Waals surface area contributed by atoms with Crippen LogP contribution >= 0.6 is 0 Å². The van der Waals surface area contributed by atoms with Gasteiger partial charge in [0.1, 0.15) is 0 Å². The zero-order valence-electron chi connectivity index (χ0n) is 11.0. The van der Waals surface area contributed by atoms with Gasteiger partial charge in [-0.2, -0.15) is 0 Å². The fourth-order valence-corrected chi connectivity index (χ4v) is 1.38. The number of nitrogens with zero attached hydrogens (tertiary/aromatic N) is 1. The second-order valence-corrected chi connectivity index (χ2v) is 4.67. The highest BCUT2D eigenvalue weighted by atomic mass is 16.2. The first-order valence-corrected chi connectivity index (χ1v) is 6.08. The van der Waals surface area contributed by atoms with E-state index in [1.807, 2.05) is 20.8 Å². The number of carbonyl (C=O) groups is 2. The van der Waals surface area contributed by atoms with Crippen LogP contribution in [0.25, 0.3) is 0 Å². The number of carbonyl (C=O) groups excluding carboxylic acids is 2. The van der Waals surface area contributed by atoms with Crippen LogP contribution in [-0.4, -0.2) is 30.0 Å². The first-order valence-electron chi connectivity index (χ1n) is 6.08. The van der Waals surface area contributed by atoms with Gasteiger partial charge in [-0.25, -0.2) is 9.79 Å². The largest absolute Gasteiger partial charge is 0.338 e. The van der Waals surface area contributed by atoms with E-state index in [0.717, 1.165) is 12.8 Å². The molecule has 0 bridgehead atoms. The van der Waals surface area contributed by atoms with E-state index in [0.29, 0.717) is 6.54 Å². The van der Waals surface area contributed by atoms with Crippen LogP contribution in [0.1, 0.15) is 33.6 Å². The topological polar surface area (TPSA) is 82.6 Å². The summed E-state index contributed by atoms with van der Waals surface area (Å²) < 4.78 is 0. The Balaban J connectivity index is 2.57. The van der Waals surface area contributed by atoms with Crippen LogP contribution in [0.15, 0.2) is 17.1 Å². The molecule has 1 heterocycles. The van der Waals surface area contributed by atoms with Crippen molar-refractivity contribution < 1.29 is 9.59 Å². The molecule has 0 unspecified atom stereocenters. The van der Waals surface area contributed by atoms with Crippen molar-refractivity contribution in [1.82, 2.24) is 16.0 Å². The summed E-state index contributed by atoms with van der Waals surface area (Å²) >= 11 is 0. The lowest BCUT2D eigenvalue weighted by Gasteiger charge is -2.15. The maximum atomic E-state index is 11.5. The Morgan fingerprint density at radius 2 is 2.22 bits per heavy atom. The van der Waals surface area contributed by atoms with Crippen molar-refractivity contribution in [3.63, 3.8) is 0 Å². The molecule has 1 rings (SSSR count). The lowest BCUT2D eigenvalue weighted by molar-refractivity contribution is -0.115. The van der Waals surface area contributed by atoms with E-state index in [2.05, 4.69) is 20.9 Å². The van der Waals surface area contributed by atoms with Gasteiger partial charge in [-0.3, -0.25) is 15.4 Å². The molecule has 0 radical (unpaired) electrons. The van der Waals surface area contributed by atoms with Crippen LogP contribution in [-0.2, 0) is 4.79 Å². The lowest BCUT2D eigenvalue weighted by Crippen LogP contribution is -2.47. The molecule has 0 spiro atoms. The number of aliphatic imine (C=N–C) groups is 1. The molecule has 0 aromatic carbocycles. The van der Waals surface area contributed by atoms with Crippen LogP contribution in [0, 0.1) is 0 Å². The Bertz CT molecular complexity index is 386. The zero-order valence-corrected chi connectivity index (χ0v) is 11.0. The number of nitrogens with one attached hydrogen (secondary N) is 3. The molecule has 6 nitrogen and oxygen atoms in total. The quantitative estimate of drug-likeness (QED) is 0.652. The van der Waals surface area contributed by atoms with Gasteiger partial charge >= 0.3 is 6.03 Å². The normalized spacial score (nSPS) is 17.5. The molecule has 0 atom stereocenters. The van der Waals surface area contributed by atoms with Crippen molar-refractivity contribution in [3.8, 4) is 0 Å². The van der Waals surface area contributed by atoms with Crippen LogP contribution < -0.4 is 16.0 Å². The summed E-state index contributed by atoms with van der Waals surface area (Å²) in [6.07, 6.45) is 5.02. The fraction of sp³-hybridized carbons (Fsp3) is 0.583. The minimum absolute atomic E-state index is 0.170. The van der Waals surface area contributed by atoms with Gasteiger partial charge in [0, 0.05) is 12.6 Å². The predicted molar refractivity (Wildman–Crippen MR) is 70.2 cm³/mol. The van der Waals surface area contributed by atoms with Crippen LogP contribution in [0.3, 0.4) is 0 Å². The second-order valence-electron chi connectivity index (χ2n) is 4.67. The summed E-state index contributed by atoms with van der Waals surface area (Å²) in [5, 5.41) is 7.73. The highest BCUT2D eigenvalue weighted by Crippen LogP contribution is 2.12. The van der Waals surface area contributed by atoms with E-state index < -0.39 is 5.54 Å². The molecule has 1 aliphatic heterocycles. The Hall–Kier alpha value is -1.85. The standard InChI is InChI=1S/C12H20N4O2/c1-4-5-8-13-11(18)15-10-14-9(17)6-7-12(2,3)16-10/h6-7H,4-5,8H2,1-3H3,(H3,13,14,15,16,17,18). The number of amides is 3. The van der Waals surface area contributed by atoms with Gasteiger partial charge in [-0.15, -0.1) is 0 Å². The molecule has 6 heteroatoms. The smallest absolute Gasteiger partial charge is 0.321 e. The van der Waals surface area contributed by atoms with E-state index in [1.54, 1.807) is 6.08 Å². The number of guanidine groups is 1. The third-order valence-corrected chi connectivity index (χ3v) is 2.33. The van der Waals surface area contributed by atoms with Gasteiger partial charge in [-0.05, 0) is 20.3 Å². The van der Waals surface area contributed by atoms with Crippen molar-refractivity contribution in [2.24, 2.45) is 4.99 Å². The van der Waals surface area contributed by atoms with Crippen molar-refractivity contribution >= 4 is 17.9 Å². The highest BCUT2D eigenvalue weighted by molar-refractivity contribution is 6.08. The van der Waals surface area contributed by atoms with Gasteiger partial charge in [0.05, 0.1) is 5.54 Å². The molecule has 0 aromatic rings. The molecular weight excluding hydrogens is 232 g/mol. The molecule has 0 saturated heterocycles. The number of unbranched alkanes of at least 4 members (excludes halogenated alkanes) is 1. The van der Waals surface area contributed by atoms with Crippen molar-refractivity contribution in [1.29, 1.82) is 0 Å². The van der Waals surface area contributed by atoms with E-state index in [1.165, 1.54) is 6.08 Å². The summed E-state index contributed by atoms with van der Waals surface area (Å²) in [6.45, 7) is 6.34. The first-order chi connectivity index (χ1) is 8.43. The van der Waals surface area contributed by atoms with Gasteiger partial charge in [0.2, 0.25) is 11.9 Å². The zero-order chi connectivity index (χ0) is 13.6. The third-order valence-electron chi connectivity index (χ3n) is 2.33. The first kappa shape index (κ1) is 14.2. The average molecular weight is 252 g/mol. The Kier molecular flexibility index (Phi) is 4.88. The number of hydrogen-bond donors (Lipinski definition) is 3. The summed E-state index contributed by atoms with van der Waals surface area (Å²) in [4.78, 5) is 27.2. The lowest BCUT2D eigenvalue weighted by atomic mass is 10.1. The van der Waals surface area contributed by atoms with E-state index in [9.17, 15) is 9.59 Å². The number of rotatable bonds is 3. The van der Waals surface area contributed by atoms with Crippen LogP contribution in [0.4, 0.5) is 4.79 Å². The minimum atomic E-state index is -0.523. The van der Waals surface area contributed by atoms with Gasteiger partial charge in [0.15, 0.2) is 0 Å². The Morgan fingerprint density at radius 1 is 1.50 bits per heavy atom. The van der Waals surface area contributed by atoms with Crippen molar-refractivity contribution in [3.05, 3.63) is 12.2 Å². The summed E-state index contributed by atoms with van der Waals surface area (Å²) in [6, 6.07) is -0.361. The maximum absolute atomic E-state index is 11.5. The molecule has 0 fully saturated rings. The van der Waals surface area contributed by atoms with Gasteiger partial charge < -0.3 is 5.32 Å². The van der Waals surface area contributed by atoms with Crippen molar-refractivity contribution in [2.75, 3.05) is 6.54 Å². The average Bonchev–Trinajstić information content (AvgIpc) is 2.37. The van der Waals surface area contributed by atoms with E-state index >= 15 is 0 Å². The fourth-order valence-electron chi connectivity index (χ4n) is 1.38. The molecular formula is C12H20N4O2. The molecule has 0 aliphatic carbocycles. The van der Waals surface area contributed by atoms with Crippen LogP contribution in [0.5, 0.6) is 0 Å². The predicted octanol–water partition coefficient (Wildman–Crippen LogP) is 0.906. The Morgan fingerprint density at radius 3 is 2.89 bits per heavy atom. The van der Waals surface area contributed by atoms with E-state index in [-0.39, 0.29) is 17.9 Å². The molecule has 100 valence electrons. The van der Waals surface area contributed by atoms with Crippen molar-refractivity contribution in [2.45, 2.75) is 39.2 Å². The highest BCUT2D eigenvalue weighted by Gasteiger charge is 2.19. The maximum Gasteiger partial charge on any atom is 0.321 e. The summed E-state index contributed by atoms with van der Waals surface area (Å²) in [7, 11) is 0. The van der Waals surface area contributed by atoms with Gasteiger partial charge in [0.25, 0.3) is 0 Å². The molecule has 1 aliphatic rings. The monoisotopic (exact) mass is 252 g/mol. The second kappa shape index (κ2) is 6.18. The summed E-state index contributed by atoms with van der Waals surface area (Å²) in [5.74, 6) is -0.128. The molecule has 0 aromatic heterocycles. The minimum Gasteiger partial charge on any atom is -0.338 e.